The second kappa shape index (κ2) is 4.99. The predicted molar refractivity (Wildman–Crippen MR) is 62.2 cm³/mol. The minimum Gasteiger partial charge on any atom is -0.333 e. The highest BCUT2D eigenvalue weighted by atomic mass is 35.5. The van der Waals surface area contributed by atoms with Crippen LogP contribution in [0.25, 0.3) is 0 Å². The van der Waals surface area contributed by atoms with E-state index in [-0.39, 0.29) is 0 Å². The molecule has 1 fully saturated rings. The molecule has 0 saturated carbocycles. The van der Waals surface area contributed by atoms with Gasteiger partial charge in [0.05, 0.1) is 12.0 Å². The number of nitrogens with one attached hydrogen (secondary N) is 1. The van der Waals surface area contributed by atoms with Gasteiger partial charge in [-0.15, -0.1) is 0 Å². The lowest BCUT2D eigenvalue weighted by Crippen LogP contribution is -2.31. The van der Waals surface area contributed by atoms with Crippen LogP contribution < -0.4 is 5.32 Å². The molecule has 1 aliphatic heterocycles. The monoisotopic (exact) mass is 227 g/mol. The van der Waals surface area contributed by atoms with E-state index < -0.39 is 0 Å². The Balaban J connectivity index is 2.04. The van der Waals surface area contributed by atoms with Crippen LogP contribution in [0.5, 0.6) is 0 Å². The molecule has 1 N–H and O–H groups in total. The molecule has 0 spiro atoms. The van der Waals surface area contributed by atoms with Crippen LogP contribution in [-0.4, -0.2) is 22.6 Å². The highest BCUT2D eigenvalue weighted by molar-refractivity contribution is 6.30. The van der Waals surface area contributed by atoms with E-state index in [0.717, 1.165) is 32.0 Å². The van der Waals surface area contributed by atoms with Gasteiger partial charge in [-0.1, -0.05) is 11.6 Å². The predicted octanol–water partition coefficient (Wildman–Crippen LogP) is 2.10. The summed E-state index contributed by atoms with van der Waals surface area (Å²) in [6, 6.07) is 0. The van der Waals surface area contributed by atoms with E-state index in [2.05, 4.69) is 21.8 Å². The molecule has 3 nitrogen and oxygen atoms in total. The molecular formula is C11H18ClN3. The maximum atomic E-state index is 6.09. The number of nitrogens with zero attached hydrogens (tertiary/aromatic N) is 2. The van der Waals surface area contributed by atoms with Crippen LogP contribution in [0.4, 0.5) is 0 Å². The molecule has 0 aliphatic carbocycles. The van der Waals surface area contributed by atoms with Crippen LogP contribution in [0, 0.1) is 5.92 Å². The summed E-state index contributed by atoms with van der Waals surface area (Å²) in [5.41, 5.74) is 1.20. The number of halogens is 1. The van der Waals surface area contributed by atoms with Gasteiger partial charge in [0.25, 0.3) is 0 Å². The van der Waals surface area contributed by atoms with E-state index in [1.807, 2.05) is 6.33 Å². The zero-order chi connectivity index (χ0) is 10.7. The molecular weight excluding hydrogens is 210 g/mol. The largest absolute Gasteiger partial charge is 0.333 e. The standard InChI is InChI=1S/C11H18ClN3/c1-2-15-8-14-11(12)10(15)6-9-4-3-5-13-7-9/h8-9,13H,2-7H2,1H3. The fourth-order valence-electron chi connectivity index (χ4n) is 2.23. The van der Waals surface area contributed by atoms with Crippen molar-refractivity contribution in [1.29, 1.82) is 0 Å². The van der Waals surface area contributed by atoms with Crippen LogP contribution in [0.15, 0.2) is 6.33 Å². The smallest absolute Gasteiger partial charge is 0.150 e. The molecule has 1 saturated heterocycles. The molecule has 84 valence electrons. The Kier molecular flexibility index (Phi) is 3.65. The third-order valence-corrected chi connectivity index (χ3v) is 3.43. The lowest BCUT2D eigenvalue weighted by Gasteiger charge is -2.23. The normalized spacial score (nSPS) is 21.9. The summed E-state index contributed by atoms with van der Waals surface area (Å²) in [4.78, 5) is 4.16. The second-order valence-corrected chi connectivity index (χ2v) is 4.54. The fraction of sp³-hybridized carbons (Fsp3) is 0.727. The van der Waals surface area contributed by atoms with Gasteiger partial charge in [0, 0.05) is 6.54 Å². The zero-order valence-electron chi connectivity index (χ0n) is 9.17. The maximum Gasteiger partial charge on any atom is 0.150 e. The van der Waals surface area contributed by atoms with Crippen molar-refractivity contribution in [3.63, 3.8) is 0 Å². The number of hydrogen-bond donors (Lipinski definition) is 1. The first kappa shape index (κ1) is 11.0. The van der Waals surface area contributed by atoms with Gasteiger partial charge in [-0.05, 0) is 45.2 Å². The SMILES string of the molecule is CCn1cnc(Cl)c1CC1CCCNC1. The van der Waals surface area contributed by atoms with Crippen LogP contribution in [0.2, 0.25) is 5.15 Å². The molecule has 1 aromatic heterocycles. The van der Waals surface area contributed by atoms with Crippen LogP contribution in [-0.2, 0) is 13.0 Å². The summed E-state index contributed by atoms with van der Waals surface area (Å²) in [6.45, 7) is 5.36. The molecule has 0 aromatic carbocycles. The minimum absolute atomic E-state index is 0.683. The first-order valence-electron chi connectivity index (χ1n) is 5.71. The molecule has 1 aliphatic rings. The maximum absolute atomic E-state index is 6.09. The van der Waals surface area contributed by atoms with Crippen molar-refractivity contribution in [2.75, 3.05) is 13.1 Å². The zero-order valence-corrected chi connectivity index (χ0v) is 9.93. The van der Waals surface area contributed by atoms with Crippen LogP contribution >= 0.6 is 11.6 Å². The van der Waals surface area contributed by atoms with Gasteiger partial charge >= 0.3 is 0 Å². The first-order valence-corrected chi connectivity index (χ1v) is 6.09. The summed E-state index contributed by atoms with van der Waals surface area (Å²) in [5, 5.41) is 4.11. The van der Waals surface area contributed by atoms with E-state index in [0.29, 0.717) is 5.15 Å². The Labute approximate surface area is 95.8 Å². The molecule has 1 atom stereocenters. The number of aryl methyl sites for hydroxylation is 1. The lowest BCUT2D eigenvalue weighted by molar-refractivity contribution is 0.370. The molecule has 2 rings (SSSR count). The Morgan fingerprint density at radius 3 is 3.20 bits per heavy atom. The van der Waals surface area contributed by atoms with E-state index in [9.17, 15) is 0 Å². The van der Waals surface area contributed by atoms with Crippen molar-refractivity contribution in [2.45, 2.75) is 32.7 Å². The van der Waals surface area contributed by atoms with Crippen molar-refractivity contribution in [1.82, 2.24) is 14.9 Å². The number of imidazole rings is 1. The highest BCUT2D eigenvalue weighted by Gasteiger charge is 2.17. The quantitative estimate of drug-likeness (QED) is 0.857. The molecule has 1 aromatic rings. The number of rotatable bonds is 3. The Bertz CT molecular complexity index is 316. The molecule has 0 radical (unpaired) electrons. The summed E-state index contributed by atoms with van der Waals surface area (Å²) in [5.74, 6) is 0.721. The molecule has 2 heterocycles. The van der Waals surface area contributed by atoms with Gasteiger partial charge in [0.1, 0.15) is 5.15 Å². The summed E-state index contributed by atoms with van der Waals surface area (Å²) >= 11 is 6.09. The van der Waals surface area contributed by atoms with Gasteiger partial charge in [-0.3, -0.25) is 0 Å². The Morgan fingerprint density at radius 2 is 2.53 bits per heavy atom. The highest BCUT2D eigenvalue weighted by Crippen LogP contribution is 2.21. The van der Waals surface area contributed by atoms with Crippen LogP contribution in [0.3, 0.4) is 0 Å². The van der Waals surface area contributed by atoms with E-state index in [4.69, 9.17) is 11.6 Å². The van der Waals surface area contributed by atoms with Gasteiger partial charge in [0.2, 0.25) is 0 Å². The third kappa shape index (κ3) is 2.52. The topological polar surface area (TPSA) is 29.9 Å². The number of aromatic nitrogens is 2. The summed E-state index contributed by atoms with van der Waals surface area (Å²) in [7, 11) is 0. The average molecular weight is 228 g/mol. The molecule has 1 unspecified atom stereocenters. The minimum atomic E-state index is 0.683. The third-order valence-electron chi connectivity index (χ3n) is 3.12. The second-order valence-electron chi connectivity index (χ2n) is 4.18. The van der Waals surface area contributed by atoms with Crippen molar-refractivity contribution in [3.8, 4) is 0 Å². The van der Waals surface area contributed by atoms with Gasteiger partial charge in [-0.2, -0.15) is 0 Å². The molecule has 0 bridgehead atoms. The Hall–Kier alpha value is -0.540. The van der Waals surface area contributed by atoms with Gasteiger partial charge in [-0.25, -0.2) is 4.98 Å². The van der Waals surface area contributed by atoms with E-state index >= 15 is 0 Å². The molecule has 15 heavy (non-hydrogen) atoms. The molecule has 4 heteroatoms. The fourth-order valence-corrected chi connectivity index (χ4v) is 2.46. The van der Waals surface area contributed by atoms with Crippen LogP contribution in [0.1, 0.15) is 25.5 Å². The molecule has 0 amide bonds. The van der Waals surface area contributed by atoms with Crippen molar-refractivity contribution in [2.24, 2.45) is 5.92 Å². The van der Waals surface area contributed by atoms with Crippen molar-refractivity contribution < 1.29 is 0 Å². The number of hydrogen-bond acceptors (Lipinski definition) is 2. The van der Waals surface area contributed by atoms with Crippen molar-refractivity contribution >= 4 is 11.6 Å². The lowest BCUT2D eigenvalue weighted by atomic mass is 9.95. The van der Waals surface area contributed by atoms with Gasteiger partial charge in [0.15, 0.2) is 0 Å². The van der Waals surface area contributed by atoms with Crippen molar-refractivity contribution in [3.05, 3.63) is 17.2 Å². The summed E-state index contributed by atoms with van der Waals surface area (Å²) in [6.07, 6.45) is 5.48. The average Bonchev–Trinajstić information content (AvgIpc) is 2.62. The Morgan fingerprint density at radius 1 is 1.67 bits per heavy atom. The van der Waals surface area contributed by atoms with E-state index in [1.54, 1.807) is 0 Å². The first-order chi connectivity index (χ1) is 7.31. The van der Waals surface area contributed by atoms with Gasteiger partial charge < -0.3 is 9.88 Å². The van der Waals surface area contributed by atoms with E-state index in [1.165, 1.54) is 18.5 Å². The summed E-state index contributed by atoms with van der Waals surface area (Å²) < 4.78 is 2.15. The number of piperidine rings is 1.